The zero-order chi connectivity index (χ0) is 13.6. The van der Waals surface area contributed by atoms with E-state index in [-0.39, 0.29) is 0 Å². The molecule has 1 aliphatic carbocycles. The van der Waals surface area contributed by atoms with Crippen molar-refractivity contribution in [2.45, 2.75) is 77.3 Å². The maximum atomic E-state index is 3.87. The van der Waals surface area contributed by atoms with Crippen molar-refractivity contribution in [1.29, 1.82) is 0 Å². The van der Waals surface area contributed by atoms with E-state index >= 15 is 0 Å². The van der Waals surface area contributed by atoms with Crippen LogP contribution in [0.4, 0.5) is 0 Å². The highest BCUT2D eigenvalue weighted by Gasteiger charge is 2.43. The summed E-state index contributed by atoms with van der Waals surface area (Å²) in [6.07, 6.45) is 9.47. The molecular weight excluding hydrogens is 220 g/mol. The number of nitrogens with one attached hydrogen (secondary N) is 1. The Bertz CT molecular complexity index is 219. The molecule has 0 aromatic rings. The summed E-state index contributed by atoms with van der Waals surface area (Å²) in [7, 11) is 4.57. The smallest absolute Gasteiger partial charge is 0.0359 e. The molecule has 2 heteroatoms. The van der Waals surface area contributed by atoms with Gasteiger partial charge in [0.1, 0.15) is 0 Å². The normalized spacial score (nSPS) is 23.0. The van der Waals surface area contributed by atoms with Crippen LogP contribution in [0.15, 0.2) is 0 Å². The van der Waals surface area contributed by atoms with Crippen molar-refractivity contribution in [1.82, 2.24) is 10.2 Å². The zero-order valence-corrected chi connectivity index (χ0v) is 13.3. The lowest BCUT2D eigenvalue weighted by Crippen LogP contribution is -2.62. The van der Waals surface area contributed by atoms with Gasteiger partial charge < -0.3 is 10.2 Å². The lowest BCUT2D eigenvalue weighted by molar-refractivity contribution is 0.0348. The van der Waals surface area contributed by atoms with Crippen molar-refractivity contribution in [2.75, 3.05) is 20.6 Å². The third-order valence-corrected chi connectivity index (χ3v) is 5.02. The maximum Gasteiger partial charge on any atom is 0.0359 e. The third kappa shape index (κ3) is 3.48. The first-order valence-corrected chi connectivity index (χ1v) is 7.99. The fourth-order valence-electron chi connectivity index (χ4n) is 3.66. The molecule has 1 saturated carbocycles. The molecule has 18 heavy (non-hydrogen) atoms. The Labute approximate surface area is 115 Å². The van der Waals surface area contributed by atoms with Gasteiger partial charge in [-0.2, -0.15) is 0 Å². The predicted octanol–water partition coefficient (Wildman–Crippen LogP) is 3.67. The first-order chi connectivity index (χ1) is 8.58. The average molecular weight is 254 g/mol. The molecule has 0 heterocycles. The van der Waals surface area contributed by atoms with E-state index < -0.39 is 0 Å². The Morgan fingerprint density at radius 3 is 2.17 bits per heavy atom. The number of rotatable bonds is 7. The van der Waals surface area contributed by atoms with Crippen molar-refractivity contribution in [3.63, 3.8) is 0 Å². The summed E-state index contributed by atoms with van der Waals surface area (Å²) in [5.74, 6) is 0.761. The molecule has 0 saturated heterocycles. The summed E-state index contributed by atoms with van der Waals surface area (Å²) >= 11 is 0. The summed E-state index contributed by atoms with van der Waals surface area (Å²) in [5.41, 5.74) is 0.392. The van der Waals surface area contributed by atoms with Crippen LogP contribution in [0.25, 0.3) is 0 Å². The Kier molecular flexibility index (Phi) is 6.65. The van der Waals surface area contributed by atoms with Crippen molar-refractivity contribution in [2.24, 2.45) is 5.92 Å². The number of likely N-dealkylation sites (N-methyl/N-ethyl adjacent to an activating group) is 1. The summed E-state index contributed by atoms with van der Waals surface area (Å²) in [4.78, 5) is 2.52. The Balaban J connectivity index is 2.88. The van der Waals surface area contributed by atoms with Crippen LogP contribution in [0.3, 0.4) is 0 Å². The van der Waals surface area contributed by atoms with Crippen molar-refractivity contribution >= 4 is 0 Å². The van der Waals surface area contributed by atoms with Crippen LogP contribution >= 0.6 is 0 Å². The monoisotopic (exact) mass is 254 g/mol. The second-order valence-electron chi connectivity index (χ2n) is 6.38. The Hall–Kier alpha value is -0.0800. The first-order valence-electron chi connectivity index (χ1n) is 7.99. The molecule has 1 N–H and O–H groups in total. The molecule has 0 radical (unpaired) electrons. The molecule has 0 spiro atoms. The van der Waals surface area contributed by atoms with Crippen LogP contribution in [0.5, 0.6) is 0 Å². The average Bonchev–Trinajstić information content (AvgIpc) is 2.39. The van der Waals surface area contributed by atoms with Crippen molar-refractivity contribution in [3.8, 4) is 0 Å². The Morgan fingerprint density at radius 1 is 1.11 bits per heavy atom. The minimum absolute atomic E-state index is 0.392. The Morgan fingerprint density at radius 2 is 1.72 bits per heavy atom. The number of hydrogen-bond acceptors (Lipinski definition) is 2. The molecule has 0 bridgehead atoms. The molecule has 2 nitrogen and oxygen atoms in total. The van der Waals surface area contributed by atoms with E-state index in [1.807, 2.05) is 0 Å². The largest absolute Gasteiger partial charge is 0.312 e. The number of nitrogens with zero attached hydrogens (tertiary/aromatic N) is 1. The van der Waals surface area contributed by atoms with Gasteiger partial charge in [-0.25, -0.2) is 0 Å². The van der Waals surface area contributed by atoms with Crippen LogP contribution in [0.2, 0.25) is 0 Å². The minimum atomic E-state index is 0.392. The molecule has 2 unspecified atom stereocenters. The van der Waals surface area contributed by atoms with E-state index in [1.54, 1.807) is 0 Å². The molecular formula is C16H34N2. The first kappa shape index (κ1) is 16.0. The topological polar surface area (TPSA) is 15.3 Å². The standard InChI is InChI=1S/C16H34N2/c1-6-13-17-15(14(3)7-2)16(18(4)5)11-9-8-10-12-16/h14-15,17H,6-13H2,1-5H3. The van der Waals surface area contributed by atoms with Gasteiger partial charge in [-0.3, -0.25) is 0 Å². The molecule has 2 atom stereocenters. The van der Waals surface area contributed by atoms with Crippen molar-refractivity contribution < 1.29 is 0 Å². The SMILES string of the molecule is CCCNC(C(C)CC)C1(N(C)C)CCCCC1. The fraction of sp³-hybridized carbons (Fsp3) is 1.00. The van der Waals surface area contributed by atoms with Crippen LogP contribution in [-0.4, -0.2) is 37.1 Å². The lowest BCUT2D eigenvalue weighted by Gasteiger charge is -2.51. The highest BCUT2D eigenvalue weighted by molar-refractivity contribution is 5.02. The summed E-state index contributed by atoms with van der Waals surface area (Å²) in [6, 6.07) is 0.651. The second-order valence-corrected chi connectivity index (χ2v) is 6.38. The maximum absolute atomic E-state index is 3.87. The zero-order valence-electron chi connectivity index (χ0n) is 13.3. The van der Waals surface area contributed by atoms with Crippen LogP contribution in [-0.2, 0) is 0 Å². The molecule has 0 amide bonds. The van der Waals surface area contributed by atoms with Gasteiger partial charge in [-0.1, -0.05) is 46.5 Å². The molecule has 0 aliphatic heterocycles. The van der Waals surface area contributed by atoms with Gasteiger partial charge in [-0.05, 0) is 45.8 Å². The third-order valence-electron chi connectivity index (χ3n) is 5.02. The number of hydrogen-bond donors (Lipinski definition) is 1. The van der Waals surface area contributed by atoms with Gasteiger partial charge in [0.05, 0.1) is 0 Å². The highest BCUT2D eigenvalue weighted by Crippen LogP contribution is 2.38. The molecule has 1 aliphatic rings. The van der Waals surface area contributed by atoms with Gasteiger partial charge in [0.25, 0.3) is 0 Å². The minimum Gasteiger partial charge on any atom is -0.312 e. The van der Waals surface area contributed by atoms with Gasteiger partial charge in [0.2, 0.25) is 0 Å². The second kappa shape index (κ2) is 7.49. The van der Waals surface area contributed by atoms with Gasteiger partial charge >= 0.3 is 0 Å². The molecule has 1 fully saturated rings. The molecule has 0 aromatic heterocycles. The van der Waals surface area contributed by atoms with Crippen LogP contribution in [0, 0.1) is 5.92 Å². The molecule has 108 valence electrons. The summed E-state index contributed by atoms with van der Waals surface area (Å²) in [6.45, 7) is 8.18. The fourth-order valence-corrected chi connectivity index (χ4v) is 3.66. The quantitative estimate of drug-likeness (QED) is 0.746. The van der Waals surface area contributed by atoms with E-state index in [2.05, 4.69) is 45.1 Å². The molecule has 1 rings (SSSR count). The van der Waals surface area contributed by atoms with E-state index in [9.17, 15) is 0 Å². The van der Waals surface area contributed by atoms with Gasteiger partial charge in [0.15, 0.2) is 0 Å². The van der Waals surface area contributed by atoms with E-state index in [0.29, 0.717) is 11.6 Å². The van der Waals surface area contributed by atoms with E-state index in [1.165, 1.54) is 44.9 Å². The van der Waals surface area contributed by atoms with E-state index in [0.717, 1.165) is 12.5 Å². The summed E-state index contributed by atoms with van der Waals surface area (Å²) < 4.78 is 0. The predicted molar refractivity (Wildman–Crippen MR) is 81.0 cm³/mol. The van der Waals surface area contributed by atoms with Gasteiger partial charge in [-0.15, -0.1) is 0 Å². The van der Waals surface area contributed by atoms with Gasteiger partial charge in [0, 0.05) is 11.6 Å². The highest BCUT2D eigenvalue weighted by atomic mass is 15.2. The van der Waals surface area contributed by atoms with Crippen molar-refractivity contribution in [3.05, 3.63) is 0 Å². The van der Waals surface area contributed by atoms with E-state index in [4.69, 9.17) is 0 Å². The summed E-state index contributed by atoms with van der Waals surface area (Å²) in [5, 5.41) is 3.87. The van der Waals surface area contributed by atoms with Crippen LogP contribution < -0.4 is 5.32 Å². The van der Waals surface area contributed by atoms with Crippen LogP contribution in [0.1, 0.15) is 65.7 Å². The molecule has 0 aromatic carbocycles. The lowest BCUT2D eigenvalue weighted by atomic mass is 9.71.